The number of aryl methyl sites for hydroxylation is 3. The minimum atomic E-state index is -0.234. The van der Waals surface area contributed by atoms with Crippen molar-refractivity contribution in [3.63, 3.8) is 0 Å². The Morgan fingerprint density at radius 2 is 1.38 bits per heavy atom. The Kier molecular flexibility index (Phi) is 6.60. The monoisotopic (exact) mass is 426 g/mol. The van der Waals surface area contributed by atoms with Gasteiger partial charge in [0.2, 0.25) is 0 Å². The average Bonchev–Trinajstić information content (AvgIpc) is 2.74. The second-order valence-electron chi connectivity index (χ2n) is 10.1. The molecule has 0 aliphatic heterocycles. The van der Waals surface area contributed by atoms with E-state index in [9.17, 15) is 4.39 Å². The van der Waals surface area contributed by atoms with Gasteiger partial charge in [-0.05, 0) is 88.8 Å². The number of hydrogen-bond donors (Lipinski definition) is 0. The van der Waals surface area contributed by atoms with E-state index in [2.05, 4.69) is 104 Å². The Balaban J connectivity index is 1.94. The summed E-state index contributed by atoms with van der Waals surface area (Å²) in [6.45, 7) is 20.0. The molecule has 0 aromatic heterocycles. The number of hydrogen-bond acceptors (Lipinski definition) is 0. The summed E-state index contributed by atoms with van der Waals surface area (Å²) in [5.74, 6) is -0.234. The van der Waals surface area contributed by atoms with Crippen LogP contribution < -0.4 is 0 Å². The van der Waals surface area contributed by atoms with Crippen LogP contribution in [0.4, 0.5) is 4.39 Å². The van der Waals surface area contributed by atoms with Gasteiger partial charge in [-0.15, -0.1) is 0 Å². The Bertz CT molecular complexity index is 1160. The lowest BCUT2D eigenvalue weighted by atomic mass is 9.63. The zero-order valence-electron chi connectivity index (χ0n) is 20.5. The molecule has 3 rings (SSSR count). The average molecular weight is 427 g/mol. The van der Waals surface area contributed by atoms with Crippen LogP contribution in [-0.4, -0.2) is 0 Å². The van der Waals surface area contributed by atoms with Gasteiger partial charge in [-0.25, -0.2) is 4.39 Å². The lowest BCUT2D eigenvalue weighted by Gasteiger charge is -2.41. The predicted molar refractivity (Wildman–Crippen MR) is 137 cm³/mol. The van der Waals surface area contributed by atoms with E-state index in [-0.39, 0.29) is 16.6 Å². The zero-order valence-corrected chi connectivity index (χ0v) is 20.5. The Labute approximate surface area is 193 Å². The first-order valence-electron chi connectivity index (χ1n) is 11.3. The van der Waals surface area contributed by atoms with Crippen LogP contribution in [0.3, 0.4) is 0 Å². The lowest BCUT2D eigenvalue weighted by molar-refractivity contribution is 0.267. The van der Waals surface area contributed by atoms with E-state index in [1.54, 1.807) is 12.1 Å². The molecule has 32 heavy (non-hydrogen) atoms. The molecule has 0 aliphatic rings. The topological polar surface area (TPSA) is 0 Å². The minimum absolute atomic E-state index is 0.0389. The molecule has 0 heterocycles. The van der Waals surface area contributed by atoms with E-state index in [0.29, 0.717) is 0 Å². The standard InChI is InChI=1S/C31H35F/c1-21-9-10-23(3)29(19-21)31(7,8)30(5,6)18-17-26-20-27(12-11-22(26)2)24(4)25-13-15-28(32)16-14-25/h9-20H,4H2,1-3,5-8H3/b18-17-. The van der Waals surface area contributed by atoms with Crippen molar-refractivity contribution in [3.05, 3.63) is 118 Å². The van der Waals surface area contributed by atoms with Crippen LogP contribution in [0.15, 0.2) is 73.3 Å². The summed E-state index contributed by atoms with van der Waals surface area (Å²) in [5, 5.41) is 0. The highest BCUT2D eigenvalue weighted by Crippen LogP contribution is 2.44. The zero-order chi connectivity index (χ0) is 23.7. The van der Waals surface area contributed by atoms with Crippen molar-refractivity contribution in [1.82, 2.24) is 0 Å². The van der Waals surface area contributed by atoms with Gasteiger partial charge >= 0.3 is 0 Å². The van der Waals surface area contributed by atoms with Gasteiger partial charge in [0.25, 0.3) is 0 Å². The molecular weight excluding hydrogens is 391 g/mol. The number of rotatable bonds is 6. The van der Waals surface area contributed by atoms with E-state index >= 15 is 0 Å². The third-order valence-corrected chi connectivity index (χ3v) is 7.18. The molecule has 0 saturated carbocycles. The molecule has 1 heteroatoms. The van der Waals surface area contributed by atoms with Crippen molar-refractivity contribution in [2.75, 3.05) is 0 Å². The maximum absolute atomic E-state index is 13.3. The van der Waals surface area contributed by atoms with E-state index in [0.717, 1.165) is 16.7 Å². The fourth-order valence-corrected chi connectivity index (χ4v) is 4.09. The summed E-state index contributed by atoms with van der Waals surface area (Å²) >= 11 is 0. The first-order valence-corrected chi connectivity index (χ1v) is 11.3. The predicted octanol–water partition coefficient (Wildman–Crippen LogP) is 8.83. The normalized spacial score (nSPS) is 12.4. The van der Waals surface area contributed by atoms with Crippen molar-refractivity contribution < 1.29 is 4.39 Å². The highest BCUT2D eigenvalue weighted by Gasteiger charge is 2.37. The summed E-state index contributed by atoms with van der Waals surface area (Å²) in [6.07, 6.45) is 4.57. The Hall–Kier alpha value is -2.93. The fourth-order valence-electron chi connectivity index (χ4n) is 4.09. The molecule has 0 atom stereocenters. The Morgan fingerprint density at radius 3 is 2.03 bits per heavy atom. The smallest absolute Gasteiger partial charge is 0.123 e. The molecule has 0 aliphatic carbocycles. The van der Waals surface area contributed by atoms with Crippen LogP contribution in [0.5, 0.6) is 0 Å². The first kappa shape index (κ1) is 23.7. The molecule has 0 spiro atoms. The fraction of sp³-hybridized carbons (Fsp3) is 0.290. The molecule has 0 radical (unpaired) electrons. The van der Waals surface area contributed by atoms with Gasteiger partial charge in [-0.2, -0.15) is 0 Å². The van der Waals surface area contributed by atoms with Gasteiger partial charge < -0.3 is 0 Å². The quantitative estimate of drug-likeness (QED) is 0.369. The maximum Gasteiger partial charge on any atom is 0.123 e. The van der Waals surface area contributed by atoms with Crippen LogP contribution in [0.2, 0.25) is 0 Å². The van der Waals surface area contributed by atoms with E-state index < -0.39 is 0 Å². The molecular formula is C31H35F. The number of benzene rings is 3. The summed E-state index contributed by atoms with van der Waals surface area (Å²) in [7, 11) is 0. The molecule has 0 nitrogen and oxygen atoms in total. The van der Waals surface area contributed by atoms with E-state index in [1.165, 1.54) is 39.9 Å². The molecule has 0 N–H and O–H groups in total. The molecule has 166 valence electrons. The molecule has 0 amide bonds. The molecule has 3 aromatic rings. The summed E-state index contributed by atoms with van der Waals surface area (Å²) < 4.78 is 13.3. The Morgan fingerprint density at radius 1 is 0.781 bits per heavy atom. The van der Waals surface area contributed by atoms with Crippen LogP contribution in [0.25, 0.3) is 11.6 Å². The first-order chi connectivity index (χ1) is 14.9. The van der Waals surface area contributed by atoms with Crippen molar-refractivity contribution >= 4 is 11.6 Å². The van der Waals surface area contributed by atoms with Crippen molar-refractivity contribution in [3.8, 4) is 0 Å². The van der Waals surface area contributed by atoms with E-state index in [4.69, 9.17) is 0 Å². The van der Waals surface area contributed by atoms with Crippen molar-refractivity contribution in [2.24, 2.45) is 5.41 Å². The van der Waals surface area contributed by atoms with E-state index in [1.807, 2.05) is 0 Å². The van der Waals surface area contributed by atoms with Gasteiger partial charge in [0.1, 0.15) is 5.82 Å². The van der Waals surface area contributed by atoms with Gasteiger partial charge in [-0.1, -0.05) is 94.5 Å². The second kappa shape index (κ2) is 8.90. The minimum Gasteiger partial charge on any atom is -0.207 e. The largest absolute Gasteiger partial charge is 0.207 e. The van der Waals surface area contributed by atoms with Crippen LogP contribution in [0, 0.1) is 32.0 Å². The highest BCUT2D eigenvalue weighted by atomic mass is 19.1. The molecule has 0 fully saturated rings. The van der Waals surface area contributed by atoms with Gasteiger partial charge in [0.05, 0.1) is 0 Å². The molecule has 0 bridgehead atoms. The number of halogens is 1. The van der Waals surface area contributed by atoms with Gasteiger partial charge in [0.15, 0.2) is 0 Å². The van der Waals surface area contributed by atoms with Crippen LogP contribution >= 0.6 is 0 Å². The maximum atomic E-state index is 13.3. The van der Waals surface area contributed by atoms with Gasteiger partial charge in [-0.3, -0.25) is 0 Å². The highest BCUT2D eigenvalue weighted by molar-refractivity contribution is 5.79. The SMILES string of the molecule is C=C(c1ccc(F)cc1)c1ccc(C)c(/C=C\C(C)(C)C(C)(C)c2cc(C)ccc2C)c1. The lowest BCUT2D eigenvalue weighted by Crippen LogP contribution is -2.35. The summed E-state index contributed by atoms with van der Waals surface area (Å²) in [4.78, 5) is 0. The van der Waals surface area contributed by atoms with Gasteiger partial charge in [0, 0.05) is 0 Å². The van der Waals surface area contributed by atoms with Crippen molar-refractivity contribution in [2.45, 2.75) is 53.9 Å². The summed E-state index contributed by atoms with van der Waals surface area (Å²) in [5.41, 5.74) is 9.18. The summed E-state index contributed by atoms with van der Waals surface area (Å²) in [6, 6.07) is 19.6. The van der Waals surface area contributed by atoms with Crippen LogP contribution in [0.1, 0.15) is 66.6 Å². The molecule has 3 aromatic carbocycles. The second-order valence-corrected chi connectivity index (χ2v) is 10.1. The third kappa shape index (κ3) is 4.78. The number of allylic oxidation sites excluding steroid dienone is 1. The third-order valence-electron chi connectivity index (χ3n) is 7.18. The van der Waals surface area contributed by atoms with Crippen LogP contribution in [-0.2, 0) is 5.41 Å². The molecule has 0 unspecified atom stereocenters. The molecule has 0 saturated heterocycles. The van der Waals surface area contributed by atoms with Crippen molar-refractivity contribution in [1.29, 1.82) is 0 Å².